The van der Waals surface area contributed by atoms with E-state index in [9.17, 15) is 19.5 Å². The molecule has 2 aromatic rings. The van der Waals surface area contributed by atoms with E-state index in [2.05, 4.69) is 29.6 Å². The molecular weight excluding hydrogens is 436 g/mol. The number of fused-ring (bicyclic) bond motifs is 3. The quantitative estimate of drug-likeness (QED) is 0.619. The summed E-state index contributed by atoms with van der Waals surface area (Å²) in [4.78, 5) is 38.0. The van der Waals surface area contributed by atoms with Gasteiger partial charge in [0.15, 0.2) is 0 Å². The zero-order chi connectivity index (χ0) is 24.2. The number of hydrogen-bond acceptors (Lipinski definition) is 5. The van der Waals surface area contributed by atoms with Crippen molar-refractivity contribution in [2.24, 2.45) is 5.92 Å². The molecular formula is C26H30N2O6. The van der Waals surface area contributed by atoms with Gasteiger partial charge in [-0.1, -0.05) is 55.5 Å². The van der Waals surface area contributed by atoms with Gasteiger partial charge in [-0.15, -0.1) is 0 Å². The van der Waals surface area contributed by atoms with Crippen molar-refractivity contribution in [3.8, 4) is 11.1 Å². The number of ether oxygens (including phenoxy) is 2. The van der Waals surface area contributed by atoms with E-state index in [-0.39, 0.29) is 37.3 Å². The second kappa shape index (κ2) is 10.3. The number of carboxylic acid groups (broad SMARTS) is 1. The van der Waals surface area contributed by atoms with Crippen molar-refractivity contribution in [3.05, 3.63) is 59.7 Å². The number of aliphatic carboxylic acids is 1. The van der Waals surface area contributed by atoms with Gasteiger partial charge in [0, 0.05) is 26.1 Å². The van der Waals surface area contributed by atoms with Gasteiger partial charge >= 0.3 is 12.1 Å². The molecule has 4 rings (SSSR count). The van der Waals surface area contributed by atoms with E-state index < -0.39 is 24.2 Å². The zero-order valence-corrected chi connectivity index (χ0v) is 19.4. The van der Waals surface area contributed by atoms with E-state index >= 15 is 0 Å². The summed E-state index contributed by atoms with van der Waals surface area (Å²) in [6.45, 7) is 2.52. The average Bonchev–Trinajstić information content (AvgIpc) is 3.38. The fourth-order valence-corrected chi connectivity index (χ4v) is 5.00. The number of carbonyl (C=O) groups excluding carboxylic acids is 2. The molecule has 2 aliphatic rings. The molecule has 1 saturated heterocycles. The molecule has 34 heavy (non-hydrogen) atoms. The molecule has 3 unspecified atom stereocenters. The minimum absolute atomic E-state index is 0.0172. The summed E-state index contributed by atoms with van der Waals surface area (Å²) in [5.41, 5.74) is 4.57. The molecule has 2 N–H and O–H groups in total. The fourth-order valence-electron chi connectivity index (χ4n) is 5.00. The molecule has 180 valence electrons. The van der Waals surface area contributed by atoms with Crippen LogP contribution in [0.25, 0.3) is 11.1 Å². The molecule has 1 aliphatic heterocycles. The Bertz CT molecular complexity index is 1030. The standard InChI is InChI=1S/C26H30N2O6/c1-16-11-12-28(24(16)25(30)31)23(29)13-17(33-2)14-27-26(32)34-15-22-20-9-5-3-7-18(20)19-8-4-6-10-21(19)22/h3-10,16-17,22,24H,11-15H2,1-2H3,(H,27,32)(H,30,31). The molecule has 8 nitrogen and oxygen atoms in total. The SMILES string of the molecule is COC(CNC(=O)OCC1c2ccccc2-c2ccccc21)CC(=O)N1CCC(C)C1C(=O)O. The molecule has 0 saturated carbocycles. The number of rotatable bonds is 8. The summed E-state index contributed by atoms with van der Waals surface area (Å²) in [5.74, 6) is -1.42. The molecule has 0 spiro atoms. The Morgan fingerprint density at radius 3 is 2.29 bits per heavy atom. The van der Waals surface area contributed by atoms with Crippen LogP contribution < -0.4 is 5.32 Å². The molecule has 8 heteroatoms. The Morgan fingerprint density at radius 1 is 1.09 bits per heavy atom. The molecule has 0 aromatic heterocycles. The summed E-state index contributed by atoms with van der Waals surface area (Å²) in [5, 5.41) is 12.1. The third-order valence-electron chi connectivity index (χ3n) is 6.83. The van der Waals surface area contributed by atoms with E-state index in [1.807, 2.05) is 31.2 Å². The van der Waals surface area contributed by atoms with Crippen LogP contribution in [0.1, 0.15) is 36.8 Å². The van der Waals surface area contributed by atoms with Gasteiger partial charge in [-0.2, -0.15) is 0 Å². The number of benzene rings is 2. The number of alkyl carbamates (subject to hydrolysis) is 1. The first-order chi connectivity index (χ1) is 16.4. The summed E-state index contributed by atoms with van der Waals surface area (Å²) in [6.07, 6.45) is -0.539. The molecule has 3 atom stereocenters. The van der Waals surface area contributed by atoms with E-state index in [1.165, 1.54) is 12.0 Å². The number of methoxy groups -OCH3 is 1. The molecule has 2 aromatic carbocycles. The number of nitrogens with zero attached hydrogens (tertiary/aromatic N) is 1. The number of carboxylic acids is 1. The molecule has 1 heterocycles. The van der Waals surface area contributed by atoms with Gasteiger partial charge in [0.25, 0.3) is 0 Å². The molecule has 2 amide bonds. The van der Waals surface area contributed by atoms with Crippen LogP contribution in [0.3, 0.4) is 0 Å². The van der Waals surface area contributed by atoms with Crippen molar-refractivity contribution < 1.29 is 29.0 Å². The van der Waals surface area contributed by atoms with Crippen LogP contribution in [-0.4, -0.2) is 66.9 Å². The predicted octanol–water partition coefficient (Wildman–Crippen LogP) is 3.25. The van der Waals surface area contributed by atoms with Gasteiger partial charge in [-0.25, -0.2) is 9.59 Å². The maximum atomic E-state index is 12.7. The third kappa shape index (κ3) is 4.77. The zero-order valence-electron chi connectivity index (χ0n) is 19.4. The lowest BCUT2D eigenvalue weighted by Crippen LogP contribution is -2.45. The van der Waals surface area contributed by atoms with Crippen molar-refractivity contribution in [3.63, 3.8) is 0 Å². The number of nitrogens with one attached hydrogen (secondary N) is 1. The average molecular weight is 467 g/mol. The fraction of sp³-hybridized carbons (Fsp3) is 0.423. The third-order valence-corrected chi connectivity index (χ3v) is 6.83. The molecule has 1 fully saturated rings. The normalized spacial score (nSPS) is 19.9. The van der Waals surface area contributed by atoms with Crippen molar-refractivity contribution in [1.29, 1.82) is 0 Å². The van der Waals surface area contributed by atoms with Gasteiger partial charge in [-0.05, 0) is 34.6 Å². The van der Waals surface area contributed by atoms with Crippen molar-refractivity contribution in [2.75, 3.05) is 26.8 Å². The number of likely N-dealkylation sites (tertiary alicyclic amines) is 1. The van der Waals surface area contributed by atoms with Crippen LogP contribution in [0, 0.1) is 5.92 Å². The highest BCUT2D eigenvalue weighted by Gasteiger charge is 2.39. The maximum Gasteiger partial charge on any atom is 0.407 e. The Hall–Kier alpha value is -3.39. The van der Waals surface area contributed by atoms with Crippen molar-refractivity contribution in [1.82, 2.24) is 10.2 Å². The molecule has 1 aliphatic carbocycles. The second-order valence-corrected chi connectivity index (χ2v) is 8.90. The molecule has 0 bridgehead atoms. The van der Waals surface area contributed by atoms with Crippen molar-refractivity contribution >= 4 is 18.0 Å². The van der Waals surface area contributed by atoms with Crippen LogP contribution in [0.4, 0.5) is 4.79 Å². The van der Waals surface area contributed by atoms with Crippen LogP contribution in [0.5, 0.6) is 0 Å². The number of carbonyl (C=O) groups is 3. The Kier molecular flexibility index (Phi) is 7.17. The van der Waals surface area contributed by atoms with Crippen LogP contribution >= 0.6 is 0 Å². The monoisotopic (exact) mass is 466 g/mol. The van der Waals surface area contributed by atoms with Crippen LogP contribution in [0.2, 0.25) is 0 Å². The number of amides is 2. The van der Waals surface area contributed by atoms with Gasteiger partial charge in [0.05, 0.1) is 12.5 Å². The summed E-state index contributed by atoms with van der Waals surface area (Å²) in [7, 11) is 1.46. The lowest BCUT2D eigenvalue weighted by molar-refractivity contribution is -0.150. The van der Waals surface area contributed by atoms with Gasteiger partial charge in [0.2, 0.25) is 5.91 Å². The Labute approximate surface area is 198 Å². The topological polar surface area (TPSA) is 105 Å². The van der Waals surface area contributed by atoms with E-state index in [4.69, 9.17) is 9.47 Å². The minimum atomic E-state index is -0.996. The second-order valence-electron chi connectivity index (χ2n) is 8.90. The highest BCUT2D eigenvalue weighted by molar-refractivity contribution is 5.85. The molecule has 0 radical (unpaired) electrons. The predicted molar refractivity (Wildman–Crippen MR) is 125 cm³/mol. The van der Waals surface area contributed by atoms with Gasteiger partial charge < -0.3 is 24.8 Å². The summed E-state index contributed by atoms with van der Waals surface area (Å²) in [6, 6.07) is 15.4. The van der Waals surface area contributed by atoms with E-state index in [0.29, 0.717) is 13.0 Å². The highest BCUT2D eigenvalue weighted by Crippen LogP contribution is 2.44. The van der Waals surface area contributed by atoms with E-state index in [0.717, 1.165) is 22.3 Å². The van der Waals surface area contributed by atoms with Crippen LogP contribution in [0.15, 0.2) is 48.5 Å². The summed E-state index contributed by atoms with van der Waals surface area (Å²) >= 11 is 0. The van der Waals surface area contributed by atoms with E-state index in [1.54, 1.807) is 0 Å². The largest absolute Gasteiger partial charge is 0.480 e. The smallest absolute Gasteiger partial charge is 0.407 e. The Morgan fingerprint density at radius 2 is 1.71 bits per heavy atom. The highest BCUT2D eigenvalue weighted by atomic mass is 16.5. The lowest BCUT2D eigenvalue weighted by Gasteiger charge is -2.25. The first-order valence-corrected chi connectivity index (χ1v) is 11.5. The lowest BCUT2D eigenvalue weighted by atomic mass is 9.98. The van der Waals surface area contributed by atoms with Gasteiger partial charge in [0.1, 0.15) is 12.6 Å². The maximum absolute atomic E-state index is 12.7. The first kappa shape index (κ1) is 23.8. The minimum Gasteiger partial charge on any atom is -0.480 e. The number of hydrogen-bond donors (Lipinski definition) is 2. The van der Waals surface area contributed by atoms with Crippen molar-refractivity contribution in [2.45, 2.75) is 37.8 Å². The summed E-state index contributed by atoms with van der Waals surface area (Å²) < 4.78 is 10.9. The van der Waals surface area contributed by atoms with Gasteiger partial charge in [-0.3, -0.25) is 4.79 Å². The Balaban J connectivity index is 1.30. The van der Waals surface area contributed by atoms with Crippen LogP contribution in [-0.2, 0) is 19.1 Å². The first-order valence-electron chi connectivity index (χ1n) is 11.5.